The molecular weight excluding hydrogens is 420 g/mol. The van der Waals surface area contributed by atoms with Crippen LogP contribution in [0.1, 0.15) is 19.4 Å². The van der Waals surface area contributed by atoms with Crippen molar-refractivity contribution in [3.05, 3.63) is 59.1 Å². The van der Waals surface area contributed by atoms with Gasteiger partial charge in [0.05, 0.1) is 12.6 Å². The number of nitrogens with one attached hydrogen (secondary N) is 3. The highest BCUT2D eigenvalue weighted by molar-refractivity contribution is 6.30. The maximum absolute atomic E-state index is 13.0. The average Bonchev–Trinajstić information content (AvgIpc) is 3.26. The van der Waals surface area contributed by atoms with E-state index in [1.54, 1.807) is 19.9 Å². The Morgan fingerprint density at radius 2 is 2.00 bits per heavy atom. The van der Waals surface area contributed by atoms with Crippen molar-refractivity contribution in [2.24, 2.45) is 0 Å². The van der Waals surface area contributed by atoms with Crippen LogP contribution < -0.4 is 10.6 Å². The first-order valence-electron chi connectivity index (χ1n) is 9.78. The zero-order chi connectivity index (χ0) is 22.2. The van der Waals surface area contributed by atoms with Crippen LogP contribution in [0.25, 0.3) is 11.1 Å². The van der Waals surface area contributed by atoms with Crippen LogP contribution in [-0.2, 0) is 20.7 Å². The Balaban J connectivity index is 1.87. The summed E-state index contributed by atoms with van der Waals surface area (Å²) in [5, 5.41) is 19.5. The second kappa shape index (κ2) is 10.6. The Morgan fingerprint density at radius 1 is 1.19 bits per heavy atom. The highest BCUT2D eigenvalue weighted by Gasteiger charge is 2.26. The fourth-order valence-electron chi connectivity index (χ4n) is 3.13. The van der Waals surface area contributed by atoms with Crippen molar-refractivity contribution in [1.82, 2.24) is 25.9 Å². The van der Waals surface area contributed by atoms with Crippen LogP contribution in [0.3, 0.4) is 0 Å². The van der Waals surface area contributed by atoms with E-state index in [1.165, 1.54) is 0 Å². The lowest BCUT2D eigenvalue weighted by Crippen LogP contribution is -2.49. The summed E-state index contributed by atoms with van der Waals surface area (Å²) < 4.78 is 5.06. The number of halogens is 1. The molecule has 0 radical (unpaired) electrons. The molecule has 0 saturated heterocycles. The van der Waals surface area contributed by atoms with E-state index in [9.17, 15) is 9.59 Å². The second-order valence-electron chi connectivity index (χ2n) is 6.79. The lowest BCUT2D eigenvalue weighted by atomic mass is 9.94. The molecule has 0 saturated carbocycles. The van der Waals surface area contributed by atoms with Crippen LogP contribution in [0.4, 0.5) is 5.95 Å². The van der Waals surface area contributed by atoms with Crippen molar-refractivity contribution in [2.45, 2.75) is 32.4 Å². The normalized spacial score (nSPS) is 12.7. The number of carbonyl (C=O) groups is 2. The minimum Gasteiger partial charge on any atom is -0.465 e. The van der Waals surface area contributed by atoms with Gasteiger partial charge in [0.15, 0.2) is 0 Å². The number of ether oxygens (including phenoxy) is 1. The lowest BCUT2D eigenvalue weighted by Gasteiger charge is -2.22. The fourth-order valence-corrected chi connectivity index (χ4v) is 3.32. The van der Waals surface area contributed by atoms with Crippen LogP contribution in [0.5, 0.6) is 0 Å². The van der Waals surface area contributed by atoms with Gasteiger partial charge in [-0.2, -0.15) is 5.21 Å². The number of hydrogen-bond donors (Lipinski definition) is 3. The van der Waals surface area contributed by atoms with Crippen molar-refractivity contribution in [1.29, 1.82) is 0 Å². The fraction of sp³-hybridized carbons (Fsp3) is 0.286. The Bertz CT molecular complexity index is 1030. The van der Waals surface area contributed by atoms with Crippen molar-refractivity contribution in [2.75, 3.05) is 11.9 Å². The molecular formula is C21H23ClN6O3. The first-order valence-corrected chi connectivity index (χ1v) is 10.2. The van der Waals surface area contributed by atoms with E-state index in [2.05, 4.69) is 31.3 Å². The lowest BCUT2D eigenvalue weighted by molar-refractivity contribution is -0.145. The van der Waals surface area contributed by atoms with Crippen LogP contribution in [0, 0.1) is 0 Å². The molecule has 2 aromatic carbocycles. The summed E-state index contributed by atoms with van der Waals surface area (Å²) in [6, 6.07) is 13.7. The number of tetrazole rings is 1. The first kappa shape index (κ1) is 22.4. The molecule has 0 aliphatic rings. The van der Waals surface area contributed by atoms with Gasteiger partial charge in [0.25, 0.3) is 5.95 Å². The van der Waals surface area contributed by atoms with Gasteiger partial charge in [-0.25, -0.2) is 0 Å². The molecule has 3 aromatic rings. The first-order chi connectivity index (χ1) is 15.0. The molecule has 0 aliphatic carbocycles. The molecule has 3 N–H and O–H groups in total. The van der Waals surface area contributed by atoms with Crippen LogP contribution in [0.2, 0.25) is 5.02 Å². The largest absolute Gasteiger partial charge is 0.465 e. The van der Waals surface area contributed by atoms with Crippen molar-refractivity contribution in [3.63, 3.8) is 0 Å². The monoisotopic (exact) mass is 442 g/mol. The third-order valence-corrected chi connectivity index (χ3v) is 4.80. The summed E-state index contributed by atoms with van der Waals surface area (Å²) >= 11 is 6.17. The Morgan fingerprint density at radius 3 is 2.71 bits per heavy atom. The molecule has 1 heterocycles. The molecule has 10 heteroatoms. The molecule has 1 unspecified atom stereocenters. The van der Waals surface area contributed by atoms with E-state index in [4.69, 9.17) is 16.3 Å². The Labute approximate surface area is 184 Å². The van der Waals surface area contributed by atoms with Crippen molar-refractivity contribution < 1.29 is 14.3 Å². The summed E-state index contributed by atoms with van der Waals surface area (Å²) in [6.07, 6.45) is 0.302. The van der Waals surface area contributed by atoms with Gasteiger partial charge in [-0.1, -0.05) is 53.1 Å². The maximum atomic E-state index is 13.0. The summed E-state index contributed by atoms with van der Waals surface area (Å²) in [6.45, 7) is 3.63. The maximum Gasteiger partial charge on any atom is 0.322 e. The number of esters is 1. The molecule has 3 rings (SSSR count). The molecule has 1 amide bonds. The van der Waals surface area contributed by atoms with Crippen molar-refractivity contribution in [3.8, 4) is 11.1 Å². The number of hydrogen-bond acceptors (Lipinski definition) is 7. The molecule has 162 valence electrons. The van der Waals surface area contributed by atoms with Gasteiger partial charge < -0.3 is 4.74 Å². The van der Waals surface area contributed by atoms with Gasteiger partial charge in [-0.15, -0.1) is 5.10 Å². The third-order valence-electron chi connectivity index (χ3n) is 4.57. The molecule has 0 bridgehead atoms. The molecule has 9 nitrogen and oxygen atoms in total. The van der Waals surface area contributed by atoms with Gasteiger partial charge in [-0.05, 0) is 54.3 Å². The molecule has 31 heavy (non-hydrogen) atoms. The summed E-state index contributed by atoms with van der Waals surface area (Å²) in [4.78, 5) is 25.1. The zero-order valence-corrected chi connectivity index (χ0v) is 17.9. The van der Waals surface area contributed by atoms with E-state index in [0.717, 1.165) is 16.7 Å². The van der Waals surface area contributed by atoms with Gasteiger partial charge in [0.1, 0.15) is 6.04 Å². The number of aromatic amines is 1. The summed E-state index contributed by atoms with van der Waals surface area (Å²) in [5.74, 6) is -0.801. The summed E-state index contributed by atoms with van der Waals surface area (Å²) in [7, 11) is 0. The molecule has 0 fully saturated rings. The number of H-pyrrole nitrogens is 1. The molecule has 2 atom stereocenters. The molecule has 0 spiro atoms. The van der Waals surface area contributed by atoms with Gasteiger partial charge >= 0.3 is 5.97 Å². The van der Waals surface area contributed by atoms with Gasteiger partial charge in [-0.3, -0.25) is 20.2 Å². The standard InChI is InChI=1S/C21H23ClN6O3/c1-3-31-20(30)13(2)23-18(19(29)24-21-25-27-28-26-21)12-15-7-4-5-10-17(15)14-8-6-9-16(22)11-14/h4-11,13,18,23H,3,12H2,1-2H3,(H2,24,25,26,27,28,29)/t13?,18-/m0/s1. The van der Waals surface area contributed by atoms with Gasteiger partial charge in [0.2, 0.25) is 5.91 Å². The molecule has 0 aliphatic heterocycles. The third kappa shape index (κ3) is 6.09. The van der Waals surface area contributed by atoms with E-state index in [-0.39, 0.29) is 12.6 Å². The Kier molecular flexibility index (Phi) is 7.69. The van der Waals surface area contributed by atoms with Crippen LogP contribution >= 0.6 is 11.6 Å². The SMILES string of the molecule is CCOC(=O)C(C)N[C@@H](Cc1ccccc1-c1cccc(Cl)c1)C(=O)Nc1nn[nH]n1. The average molecular weight is 443 g/mol. The van der Waals surface area contributed by atoms with E-state index in [1.807, 2.05) is 42.5 Å². The Hall–Kier alpha value is -3.30. The van der Waals surface area contributed by atoms with Crippen LogP contribution in [0.15, 0.2) is 48.5 Å². The number of nitrogens with zero attached hydrogens (tertiary/aromatic N) is 3. The van der Waals surface area contributed by atoms with Gasteiger partial charge in [0, 0.05) is 5.02 Å². The minimum absolute atomic E-state index is 0.0451. The number of benzene rings is 2. The quantitative estimate of drug-likeness (QED) is 0.435. The van der Waals surface area contributed by atoms with E-state index in [0.29, 0.717) is 11.4 Å². The summed E-state index contributed by atoms with van der Waals surface area (Å²) in [5.41, 5.74) is 2.77. The van der Waals surface area contributed by atoms with Crippen molar-refractivity contribution >= 4 is 29.4 Å². The highest BCUT2D eigenvalue weighted by Crippen LogP contribution is 2.27. The number of rotatable bonds is 9. The minimum atomic E-state index is -0.766. The van der Waals surface area contributed by atoms with E-state index < -0.39 is 24.0 Å². The molecule has 1 aromatic heterocycles. The van der Waals surface area contributed by atoms with E-state index >= 15 is 0 Å². The second-order valence-corrected chi connectivity index (χ2v) is 7.23. The predicted octanol–water partition coefficient (Wildman–Crippen LogP) is 2.61. The number of carbonyl (C=O) groups excluding carboxylic acids is 2. The highest BCUT2D eigenvalue weighted by atomic mass is 35.5. The number of anilines is 1. The number of aromatic nitrogens is 4. The predicted molar refractivity (Wildman–Crippen MR) is 116 cm³/mol. The topological polar surface area (TPSA) is 122 Å². The number of amides is 1. The smallest absolute Gasteiger partial charge is 0.322 e. The van der Waals surface area contributed by atoms with Crippen LogP contribution in [-0.4, -0.2) is 51.2 Å². The zero-order valence-electron chi connectivity index (χ0n) is 17.1.